The molecule has 0 aliphatic rings. The molecule has 0 aliphatic carbocycles. The standard InChI is InChI=1S/C4H9FN2/c1-3(5)4(7)2-6/h2,6-7H2,1H3/b4-3+. The number of allylic oxidation sites excluding steroid dienone is 1. The van der Waals surface area contributed by atoms with Gasteiger partial charge in [-0.25, -0.2) is 4.39 Å². The van der Waals surface area contributed by atoms with Crippen LogP contribution in [0.3, 0.4) is 0 Å². The zero-order chi connectivity index (χ0) is 5.86. The monoisotopic (exact) mass is 104 g/mol. The molecular weight excluding hydrogens is 95.1 g/mol. The summed E-state index contributed by atoms with van der Waals surface area (Å²) in [7, 11) is 0. The molecule has 0 bridgehead atoms. The van der Waals surface area contributed by atoms with Gasteiger partial charge in [-0.15, -0.1) is 0 Å². The molecule has 3 heteroatoms. The van der Waals surface area contributed by atoms with Crippen molar-refractivity contribution in [1.29, 1.82) is 0 Å². The Kier molecular flexibility index (Phi) is 2.37. The van der Waals surface area contributed by atoms with Crippen LogP contribution in [0.1, 0.15) is 6.92 Å². The maximum absolute atomic E-state index is 11.8. The van der Waals surface area contributed by atoms with Gasteiger partial charge >= 0.3 is 0 Å². The van der Waals surface area contributed by atoms with Crippen LogP contribution in [-0.2, 0) is 0 Å². The molecule has 42 valence electrons. The van der Waals surface area contributed by atoms with Gasteiger partial charge in [-0.2, -0.15) is 0 Å². The third kappa shape index (κ3) is 2.17. The highest BCUT2D eigenvalue weighted by atomic mass is 19.1. The molecule has 0 atom stereocenters. The van der Waals surface area contributed by atoms with E-state index in [1.807, 2.05) is 0 Å². The number of hydrogen-bond acceptors (Lipinski definition) is 2. The molecule has 0 aromatic heterocycles. The molecule has 0 saturated heterocycles. The summed E-state index contributed by atoms with van der Waals surface area (Å²) in [6.07, 6.45) is 0. The summed E-state index contributed by atoms with van der Waals surface area (Å²) in [6, 6.07) is 0. The number of halogens is 1. The molecule has 2 nitrogen and oxygen atoms in total. The Labute approximate surface area is 42.0 Å². The number of rotatable bonds is 1. The smallest absolute Gasteiger partial charge is 0.117 e. The predicted molar refractivity (Wildman–Crippen MR) is 27.0 cm³/mol. The Bertz CT molecular complexity index is 83.7. The van der Waals surface area contributed by atoms with E-state index in [4.69, 9.17) is 11.5 Å². The average Bonchev–Trinajstić information content (AvgIpc) is 1.65. The van der Waals surface area contributed by atoms with Gasteiger partial charge in [0, 0.05) is 6.54 Å². The minimum Gasteiger partial charge on any atom is -0.399 e. The first-order valence-electron chi connectivity index (χ1n) is 1.99. The fraction of sp³-hybridized carbons (Fsp3) is 0.500. The fourth-order valence-electron chi connectivity index (χ4n) is 0.141. The maximum Gasteiger partial charge on any atom is 0.117 e. The van der Waals surface area contributed by atoms with Crippen LogP contribution in [0.2, 0.25) is 0 Å². The van der Waals surface area contributed by atoms with E-state index in [1.54, 1.807) is 0 Å². The van der Waals surface area contributed by atoms with E-state index in [0.29, 0.717) is 0 Å². The molecular formula is C4H9FN2. The zero-order valence-corrected chi connectivity index (χ0v) is 4.24. The van der Waals surface area contributed by atoms with E-state index in [9.17, 15) is 4.39 Å². The molecule has 0 aromatic carbocycles. The van der Waals surface area contributed by atoms with Gasteiger partial charge in [0.2, 0.25) is 0 Å². The summed E-state index contributed by atoms with van der Waals surface area (Å²) < 4.78 is 11.8. The summed E-state index contributed by atoms with van der Waals surface area (Å²) in [5, 5.41) is 0. The second-order valence-electron chi connectivity index (χ2n) is 1.26. The Morgan fingerprint density at radius 1 is 1.71 bits per heavy atom. The van der Waals surface area contributed by atoms with Crippen LogP contribution in [0.5, 0.6) is 0 Å². The molecule has 0 aromatic rings. The maximum atomic E-state index is 11.8. The summed E-state index contributed by atoms with van der Waals surface area (Å²) in [4.78, 5) is 0. The fourth-order valence-corrected chi connectivity index (χ4v) is 0.141. The summed E-state index contributed by atoms with van der Waals surface area (Å²) in [6.45, 7) is 1.38. The lowest BCUT2D eigenvalue weighted by molar-refractivity contribution is 0.622. The summed E-state index contributed by atoms with van der Waals surface area (Å²) in [5.74, 6) is -0.387. The van der Waals surface area contributed by atoms with Crippen LogP contribution in [0.25, 0.3) is 0 Å². The Morgan fingerprint density at radius 3 is 2.14 bits per heavy atom. The van der Waals surface area contributed by atoms with Gasteiger partial charge < -0.3 is 11.5 Å². The first-order valence-corrected chi connectivity index (χ1v) is 1.99. The van der Waals surface area contributed by atoms with Crippen molar-refractivity contribution in [2.45, 2.75) is 6.92 Å². The Hall–Kier alpha value is -0.570. The summed E-state index contributed by atoms with van der Waals surface area (Å²) >= 11 is 0. The lowest BCUT2D eigenvalue weighted by Crippen LogP contribution is -2.11. The molecule has 0 rings (SSSR count). The lowest BCUT2D eigenvalue weighted by atomic mass is 10.4. The highest BCUT2D eigenvalue weighted by Crippen LogP contribution is 1.94. The first-order chi connectivity index (χ1) is 3.18. The molecule has 4 N–H and O–H groups in total. The number of hydrogen-bond donors (Lipinski definition) is 2. The third-order valence-electron chi connectivity index (χ3n) is 0.662. The van der Waals surface area contributed by atoms with Crippen molar-refractivity contribution in [2.24, 2.45) is 11.5 Å². The highest BCUT2D eigenvalue weighted by molar-refractivity contribution is 5.01. The lowest BCUT2D eigenvalue weighted by Gasteiger charge is -1.91. The minimum absolute atomic E-state index is 0.0995. The molecule has 0 spiro atoms. The first kappa shape index (κ1) is 6.43. The zero-order valence-electron chi connectivity index (χ0n) is 4.24. The van der Waals surface area contributed by atoms with E-state index in [1.165, 1.54) is 6.92 Å². The van der Waals surface area contributed by atoms with Crippen LogP contribution in [-0.4, -0.2) is 6.54 Å². The van der Waals surface area contributed by atoms with Crippen LogP contribution >= 0.6 is 0 Å². The second kappa shape index (κ2) is 2.58. The molecule has 0 saturated carbocycles. The van der Waals surface area contributed by atoms with Gasteiger partial charge in [0.05, 0.1) is 5.70 Å². The third-order valence-corrected chi connectivity index (χ3v) is 0.662. The topological polar surface area (TPSA) is 52.0 Å². The molecule has 0 heterocycles. The van der Waals surface area contributed by atoms with Crippen molar-refractivity contribution in [3.05, 3.63) is 11.5 Å². The van der Waals surface area contributed by atoms with E-state index < -0.39 is 0 Å². The molecule has 0 radical (unpaired) electrons. The van der Waals surface area contributed by atoms with Crippen molar-refractivity contribution < 1.29 is 4.39 Å². The van der Waals surface area contributed by atoms with Crippen LogP contribution in [0, 0.1) is 0 Å². The van der Waals surface area contributed by atoms with Crippen molar-refractivity contribution >= 4 is 0 Å². The molecule has 7 heavy (non-hydrogen) atoms. The van der Waals surface area contributed by atoms with Gasteiger partial charge in [0.15, 0.2) is 0 Å². The van der Waals surface area contributed by atoms with Crippen LogP contribution < -0.4 is 11.5 Å². The molecule has 0 amide bonds. The molecule has 0 unspecified atom stereocenters. The van der Waals surface area contributed by atoms with E-state index >= 15 is 0 Å². The quantitative estimate of drug-likeness (QED) is 0.496. The van der Waals surface area contributed by atoms with E-state index in [-0.39, 0.29) is 18.1 Å². The summed E-state index contributed by atoms with van der Waals surface area (Å²) in [5.41, 5.74) is 10.1. The minimum atomic E-state index is -0.387. The van der Waals surface area contributed by atoms with Crippen LogP contribution in [0.4, 0.5) is 4.39 Å². The van der Waals surface area contributed by atoms with Gasteiger partial charge in [-0.1, -0.05) is 0 Å². The second-order valence-corrected chi connectivity index (χ2v) is 1.26. The van der Waals surface area contributed by atoms with Crippen molar-refractivity contribution in [2.75, 3.05) is 6.54 Å². The molecule has 0 fully saturated rings. The van der Waals surface area contributed by atoms with Crippen molar-refractivity contribution in [3.8, 4) is 0 Å². The van der Waals surface area contributed by atoms with Gasteiger partial charge in [-0.05, 0) is 6.92 Å². The normalized spacial score (nSPS) is 13.6. The Balaban J connectivity index is 3.72. The SMILES string of the molecule is C/C(F)=C(\N)CN. The van der Waals surface area contributed by atoms with Crippen molar-refractivity contribution in [3.63, 3.8) is 0 Å². The highest BCUT2D eigenvalue weighted by Gasteiger charge is 1.88. The predicted octanol–water partition coefficient (Wildman–Crippen LogP) is 0.105. The van der Waals surface area contributed by atoms with Gasteiger partial charge in [0.1, 0.15) is 5.83 Å². The van der Waals surface area contributed by atoms with E-state index in [0.717, 1.165) is 0 Å². The van der Waals surface area contributed by atoms with E-state index in [2.05, 4.69) is 0 Å². The van der Waals surface area contributed by atoms with Crippen molar-refractivity contribution in [1.82, 2.24) is 0 Å². The van der Waals surface area contributed by atoms with Crippen LogP contribution in [0.15, 0.2) is 11.5 Å². The van der Waals surface area contributed by atoms with Gasteiger partial charge in [-0.3, -0.25) is 0 Å². The Morgan fingerprint density at radius 2 is 2.14 bits per heavy atom. The molecule has 0 aliphatic heterocycles. The van der Waals surface area contributed by atoms with Gasteiger partial charge in [0.25, 0.3) is 0 Å². The number of nitrogens with two attached hydrogens (primary N) is 2. The largest absolute Gasteiger partial charge is 0.399 e. The average molecular weight is 104 g/mol.